The Labute approximate surface area is 163 Å². The molecule has 0 fully saturated rings. The molecule has 148 valence electrons. The first kappa shape index (κ1) is 19.6. The minimum Gasteiger partial charge on any atom is -0.497 e. The Morgan fingerprint density at radius 3 is 2.61 bits per heavy atom. The number of benzene rings is 1. The fourth-order valence-electron chi connectivity index (χ4n) is 3.00. The summed E-state index contributed by atoms with van der Waals surface area (Å²) in [5, 5.41) is 5.94. The molecule has 0 spiro atoms. The largest absolute Gasteiger partial charge is 0.497 e. The normalized spacial score (nSPS) is 16.0. The van der Waals surface area contributed by atoms with Crippen molar-refractivity contribution in [3.8, 4) is 5.75 Å². The number of ether oxygens (including phenoxy) is 2. The van der Waals surface area contributed by atoms with Crippen molar-refractivity contribution in [2.75, 3.05) is 34.4 Å². The minimum atomic E-state index is -0.356. The molecule has 1 aromatic heterocycles. The first-order valence-electron chi connectivity index (χ1n) is 8.83. The van der Waals surface area contributed by atoms with Crippen molar-refractivity contribution in [2.24, 2.45) is 5.10 Å². The van der Waals surface area contributed by atoms with Gasteiger partial charge in [-0.15, -0.1) is 0 Å². The second kappa shape index (κ2) is 8.71. The van der Waals surface area contributed by atoms with E-state index in [1.807, 2.05) is 30.3 Å². The van der Waals surface area contributed by atoms with Gasteiger partial charge in [0.05, 0.1) is 19.1 Å². The van der Waals surface area contributed by atoms with Crippen molar-refractivity contribution in [3.05, 3.63) is 54.0 Å². The van der Waals surface area contributed by atoms with Gasteiger partial charge in [0, 0.05) is 20.6 Å². The van der Waals surface area contributed by atoms with Gasteiger partial charge in [0.25, 0.3) is 5.91 Å². The van der Waals surface area contributed by atoms with E-state index >= 15 is 0 Å². The van der Waals surface area contributed by atoms with Crippen LogP contribution in [0, 0.1) is 0 Å². The molecule has 1 aromatic carbocycles. The van der Waals surface area contributed by atoms with E-state index in [0.717, 1.165) is 17.0 Å². The number of amides is 2. The van der Waals surface area contributed by atoms with Crippen molar-refractivity contribution in [2.45, 2.75) is 12.5 Å². The molecule has 1 aliphatic rings. The Morgan fingerprint density at radius 1 is 1.25 bits per heavy atom. The average Bonchev–Trinajstić information content (AvgIpc) is 3.37. The maximum atomic E-state index is 12.9. The van der Waals surface area contributed by atoms with E-state index in [4.69, 9.17) is 13.9 Å². The molecular formula is C20H23N3O5. The highest BCUT2D eigenvalue weighted by Gasteiger charge is 2.35. The third-order valence-electron chi connectivity index (χ3n) is 4.53. The summed E-state index contributed by atoms with van der Waals surface area (Å²) in [5.41, 5.74) is 1.67. The number of carbonyl (C=O) groups is 2. The van der Waals surface area contributed by atoms with Crippen molar-refractivity contribution in [1.82, 2.24) is 9.91 Å². The van der Waals surface area contributed by atoms with E-state index < -0.39 is 0 Å². The third kappa shape index (κ3) is 4.23. The molecule has 0 radical (unpaired) electrons. The number of methoxy groups -OCH3 is 2. The first-order valence-corrected chi connectivity index (χ1v) is 8.83. The van der Waals surface area contributed by atoms with Crippen LogP contribution in [-0.4, -0.2) is 61.9 Å². The fourth-order valence-corrected chi connectivity index (χ4v) is 3.00. The van der Waals surface area contributed by atoms with Gasteiger partial charge in [-0.25, -0.2) is 5.01 Å². The van der Waals surface area contributed by atoms with Crippen LogP contribution >= 0.6 is 0 Å². The number of hydrazone groups is 1. The first-order chi connectivity index (χ1) is 13.5. The van der Waals surface area contributed by atoms with E-state index in [9.17, 15) is 9.59 Å². The van der Waals surface area contributed by atoms with Crippen LogP contribution in [0.15, 0.2) is 52.2 Å². The SMILES string of the molecule is COCC(=O)N(C)CC(=O)N1N=C(c2ccc(OC)cc2)CC1c1ccco1. The Balaban J connectivity index is 1.82. The molecule has 8 nitrogen and oxygen atoms in total. The molecule has 0 bridgehead atoms. The van der Waals surface area contributed by atoms with E-state index in [-0.39, 0.29) is 31.0 Å². The smallest absolute Gasteiger partial charge is 0.262 e. The van der Waals surface area contributed by atoms with E-state index in [1.54, 1.807) is 26.5 Å². The molecular weight excluding hydrogens is 362 g/mol. The maximum Gasteiger partial charge on any atom is 0.262 e. The lowest BCUT2D eigenvalue weighted by atomic mass is 10.0. The van der Waals surface area contributed by atoms with Crippen molar-refractivity contribution < 1.29 is 23.5 Å². The molecule has 2 amide bonds. The number of nitrogens with zero attached hydrogens (tertiary/aromatic N) is 3. The van der Waals surface area contributed by atoms with E-state index in [1.165, 1.54) is 17.0 Å². The van der Waals surface area contributed by atoms with Crippen LogP contribution in [0.25, 0.3) is 0 Å². The van der Waals surface area contributed by atoms with Crippen LogP contribution in [0.5, 0.6) is 5.75 Å². The van der Waals surface area contributed by atoms with Crippen LogP contribution in [0.3, 0.4) is 0 Å². The molecule has 1 atom stereocenters. The number of hydrogen-bond acceptors (Lipinski definition) is 6. The monoisotopic (exact) mass is 385 g/mol. The average molecular weight is 385 g/mol. The van der Waals surface area contributed by atoms with Gasteiger partial charge in [-0.1, -0.05) is 0 Å². The predicted octanol–water partition coefficient (Wildman–Crippen LogP) is 2.07. The van der Waals surface area contributed by atoms with Crippen LogP contribution in [0.4, 0.5) is 0 Å². The summed E-state index contributed by atoms with van der Waals surface area (Å²) in [7, 11) is 4.61. The molecule has 0 saturated carbocycles. The lowest BCUT2D eigenvalue weighted by Gasteiger charge is -2.23. The molecule has 1 aliphatic heterocycles. The Bertz CT molecular complexity index is 845. The topological polar surface area (TPSA) is 84.6 Å². The summed E-state index contributed by atoms with van der Waals surface area (Å²) in [6.45, 7) is -0.176. The lowest BCUT2D eigenvalue weighted by molar-refractivity contribution is -0.142. The van der Waals surface area contributed by atoms with Gasteiger partial charge >= 0.3 is 0 Å². The van der Waals surface area contributed by atoms with Gasteiger partial charge in [-0.2, -0.15) is 5.10 Å². The highest BCUT2D eigenvalue weighted by Crippen LogP contribution is 2.33. The van der Waals surface area contributed by atoms with Crippen LogP contribution in [0.1, 0.15) is 23.8 Å². The number of likely N-dealkylation sites (N-methyl/N-ethyl adjacent to an activating group) is 1. The van der Waals surface area contributed by atoms with Gasteiger partial charge in [0.2, 0.25) is 5.91 Å². The summed E-state index contributed by atoms with van der Waals surface area (Å²) in [5.74, 6) is 0.823. The van der Waals surface area contributed by atoms with Crippen molar-refractivity contribution >= 4 is 17.5 Å². The molecule has 0 saturated heterocycles. The molecule has 0 aliphatic carbocycles. The molecule has 28 heavy (non-hydrogen) atoms. The zero-order valence-corrected chi connectivity index (χ0v) is 16.1. The summed E-state index contributed by atoms with van der Waals surface area (Å²) in [6, 6.07) is 10.7. The van der Waals surface area contributed by atoms with Crippen LogP contribution < -0.4 is 4.74 Å². The Hall–Kier alpha value is -3.13. The lowest BCUT2D eigenvalue weighted by Crippen LogP contribution is -2.40. The van der Waals surface area contributed by atoms with Gasteiger partial charge in [-0.3, -0.25) is 9.59 Å². The number of rotatable bonds is 7. The number of hydrogen-bond donors (Lipinski definition) is 0. The fraction of sp³-hybridized carbons (Fsp3) is 0.350. The van der Waals surface area contributed by atoms with Crippen LogP contribution in [0.2, 0.25) is 0 Å². The van der Waals surface area contributed by atoms with E-state index in [0.29, 0.717) is 12.2 Å². The molecule has 3 rings (SSSR count). The molecule has 1 unspecified atom stereocenters. The standard InChI is InChI=1S/C20H23N3O5/c1-22(20(25)13-26-2)12-19(24)23-17(18-5-4-10-28-18)11-16(21-23)14-6-8-15(27-3)9-7-14/h4-10,17H,11-13H2,1-3H3. The van der Waals surface area contributed by atoms with E-state index in [2.05, 4.69) is 5.10 Å². The van der Waals surface area contributed by atoms with Gasteiger partial charge in [-0.05, 0) is 42.0 Å². The maximum absolute atomic E-state index is 12.9. The third-order valence-corrected chi connectivity index (χ3v) is 4.53. The summed E-state index contributed by atoms with van der Waals surface area (Å²) in [4.78, 5) is 26.1. The van der Waals surface area contributed by atoms with Crippen molar-refractivity contribution in [1.29, 1.82) is 0 Å². The highest BCUT2D eigenvalue weighted by molar-refractivity contribution is 6.03. The minimum absolute atomic E-state index is 0.0776. The summed E-state index contributed by atoms with van der Waals surface area (Å²) >= 11 is 0. The quantitative estimate of drug-likeness (QED) is 0.728. The summed E-state index contributed by atoms with van der Waals surface area (Å²) in [6.07, 6.45) is 2.08. The Morgan fingerprint density at radius 2 is 2.00 bits per heavy atom. The molecule has 2 heterocycles. The van der Waals surface area contributed by atoms with Gasteiger partial charge in [0.15, 0.2) is 0 Å². The highest BCUT2D eigenvalue weighted by atomic mass is 16.5. The second-order valence-electron chi connectivity index (χ2n) is 6.43. The predicted molar refractivity (Wildman–Crippen MR) is 102 cm³/mol. The number of furan rings is 1. The zero-order chi connectivity index (χ0) is 20.1. The second-order valence-corrected chi connectivity index (χ2v) is 6.43. The molecule has 2 aromatic rings. The summed E-state index contributed by atoms with van der Waals surface area (Å²) < 4.78 is 15.5. The Kier molecular flexibility index (Phi) is 6.10. The van der Waals surface area contributed by atoms with Crippen LogP contribution in [-0.2, 0) is 14.3 Å². The molecule has 0 N–H and O–H groups in total. The molecule has 8 heteroatoms. The van der Waals surface area contributed by atoms with Crippen molar-refractivity contribution in [3.63, 3.8) is 0 Å². The van der Waals surface area contributed by atoms with Gasteiger partial charge < -0.3 is 18.8 Å². The zero-order valence-electron chi connectivity index (χ0n) is 16.1. The van der Waals surface area contributed by atoms with Gasteiger partial charge in [0.1, 0.15) is 30.7 Å². The number of carbonyl (C=O) groups excluding carboxylic acids is 2.